The molecule has 2 nitrogen and oxygen atoms in total. The van der Waals surface area contributed by atoms with Crippen LogP contribution in [0, 0.1) is 5.41 Å². The SMILES string of the molecule is CC(C)NCCCCCCCCCCC(=O)C(C)(C)C. The van der Waals surface area contributed by atoms with Gasteiger partial charge >= 0.3 is 0 Å². The van der Waals surface area contributed by atoms with Crippen LogP contribution in [-0.2, 0) is 4.79 Å². The second-order valence-electron chi connectivity index (χ2n) is 7.36. The van der Waals surface area contributed by atoms with E-state index in [1.54, 1.807) is 0 Å². The summed E-state index contributed by atoms with van der Waals surface area (Å²) in [7, 11) is 0. The van der Waals surface area contributed by atoms with Crippen LogP contribution in [0.4, 0.5) is 0 Å². The minimum Gasteiger partial charge on any atom is -0.315 e. The van der Waals surface area contributed by atoms with Crippen LogP contribution in [0.3, 0.4) is 0 Å². The van der Waals surface area contributed by atoms with Crippen molar-refractivity contribution in [1.29, 1.82) is 0 Å². The largest absolute Gasteiger partial charge is 0.315 e. The molecule has 20 heavy (non-hydrogen) atoms. The molecule has 0 saturated carbocycles. The summed E-state index contributed by atoms with van der Waals surface area (Å²) in [5.74, 6) is 0.412. The van der Waals surface area contributed by atoms with E-state index in [2.05, 4.69) is 19.2 Å². The van der Waals surface area contributed by atoms with Gasteiger partial charge in [-0.25, -0.2) is 0 Å². The molecule has 1 N–H and O–H groups in total. The second-order valence-corrected chi connectivity index (χ2v) is 7.36. The second kappa shape index (κ2) is 11.3. The molecule has 0 rings (SSSR count). The summed E-state index contributed by atoms with van der Waals surface area (Å²) in [6.45, 7) is 11.6. The lowest BCUT2D eigenvalue weighted by atomic mass is 9.88. The van der Waals surface area contributed by atoms with Gasteiger partial charge in [0.2, 0.25) is 0 Å². The molecule has 0 aromatic heterocycles. The smallest absolute Gasteiger partial charge is 0.138 e. The van der Waals surface area contributed by atoms with Crippen LogP contribution < -0.4 is 5.32 Å². The van der Waals surface area contributed by atoms with E-state index in [9.17, 15) is 4.79 Å². The van der Waals surface area contributed by atoms with Crippen molar-refractivity contribution in [3.8, 4) is 0 Å². The van der Waals surface area contributed by atoms with Gasteiger partial charge < -0.3 is 5.32 Å². The molecule has 120 valence electrons. The Bertz CT molecular complexity index is 240. The number of ketones is 1. The van der Waals surface area contributed by atoms with Gasteiger partial charge in [0.05, 0.1) is 0 Å². The molecule has 0 aliphatic rings. The van der Waals surface area contributed by atoms with Crippen LogP contribution in [0.25, 0.3) is 0 Å². The van der Waals surface area contributed by atoms with Crippen molar-refractivity contribution >= 4 is 5.78 Å². The van der Waals surface area contributed by atoms with E-state index >= 15 is 0 Å². The summed E-state index contributed by atoms with van der Waals surface area (Å²) in [6.07, 6.45) is 11.1. The third kappa shape index (κ3) is 12.7. The van der Waals surface area contributed by atoms with E-state index in [4.69, 9.17) is 0 Å². The van der Waals surface area contributed by atoms with Gasteiger partial charge in [0.25, 0.3) is 0 Å². The maximum atomic E-state index is 11.7. The molecule has 0 spiro atoms. The van der Waals surface area contributed by atoms with Gasteiger partial charge in [0.1, 0.15) is 5.78 Å². The Labute approximate surface area is 127 Å². The van der Waals surface area contributed by atoms with Crippen LogP contribution in [0.15, 0.2) is 0 Å². The summed E-state index contributed by atoms with van der Waals surface area (Å²) in [6, 6.07) is 0.616. The zero-order chi connectivity index (χ0) is 15.4. The van der Waals surface area contributed by atoms with E-state index in [0.717, 1.165) is 19.4 Å². The molecule has 0 saturated heterocycles. The third-order valence-electron chi connectivity index (χ3n) is 3.72. The van der Waals surface area contributed by atoms with Crippen molar-refractivity contribution in [3.05, 3.63) is 0 Å². The fourth-order valence-electron chi connectivity index (χ4n) is 2.24. The molecule has 0 fully saturated rings. The zero-order valence-corrected chi connectivity index (χ0v) is 14.6. The number of nitrogens with one attached hydrogen (secondary N) is 1. The van der Waals surface area contributed by atoms with Gasteiger partial charge in [-0.2, -0.15) is 0 Å². The van der Waals surface area contributed by atoms with Gasteiger partial charge in [-0.05, 0) is 19.4 Å². The number of Topliss-reactive ketones (excluding diaryl/α,β-unsaturated/α-hetero) is 1. The Hall–Kier alpha value is -0.370. The minimum atomic E-state index is -0.149. The summed E-state index contributed by atoms with van der Waals surface area (Å²) in [5, 5.41) is 3.46. The normalized spacial score (nSPS) is 12.1. The van der Waals surface area contributed by atoms with E-state index < -0.39 is 0 Å². The molecule has 2 heteroatoms. The fourth-order valence-corrected chi connectivity index (χ4v) is 2.24. The van der Waals surface area contributed by atoms with Gasteiger partial charge in [0, 0.05) is 17.9 Å². The van der Waals surface area contributed by atoms with Gasteiger partial charge in [-0.1, -0.05) is 73.1 Å². The number of hydrogen-bond donors (Lipinski definition) is 1. The Morgan fingerprint density at radius 3 is 1.75 bits per heavy atom. The number of unbranched alkanes of at least 4 members (excludes halogenated alkanes) is 7. The molecule has 0 radical (unpaired) electrons. The summed E-state index contributed by atoms with van der Waals surface area (Å²) >= 11 is 0. The summed E-state index contributed by atoms with van der Waals surface area (Å²) in [4.78, 5) is 11.7. The first-order chi connectivity index (χ1) is 9.34. The van der Waals surface area contributed by atoms with Crippen LogP contribution in [-0.4, -0.2) is 18.4 Å². The maximum Gasteiger partial charge on any atom is 0.138 e. The number of hydrogen-bond acceptors (Lipinski definition) is 2. The predicted octanol–water partition coefficient (Wildman–Crippen LogP) is 5.11. The average Bonchev–Trinajstić information content (AvgIpc) is 2.34. The zero-order valence-electron chi connectivity index (χ0n) is 14.6. The van der Waals surface area contributed by atoms with Crippen molar-refractivity contribution in [2.45, 2.75) is 98.4 Å². The molecule has 0 bridgehead atoms. The molecule has 0 aromatic rings. The first kappa shape index (κ1) is 19.6. The Morgan fingerprint density at radius 2 is 1.30 bits per heavy atom. The molecule has 0 aromatic carbocycles. The Morgan fingerprint density at radius 1 is 0.850 bits per heavy atom. The van der Waals surface area contributed by atoms with Crippen molar-refractivity contribution in [2.24, 2.45) is 5.41 Å². The van der Waals surface area contributed by atoms with Gasteiger partial charge in [-0.15, -0.1) is 0 Å². The molecule has 0 aliphatic heterocycles. The molecular formula is C18H37NO. The standard InChI is InChI=1S/C18H37NO/c1-16(2)19-15-13-11-9-7-6-8-10-12-14-17(20)18(3,4)5/h16,19H,6-15H2,1-5H3. The highest BCUT2D eigenvalue weighted by atomic mass is 16.1. The molecule has 0 amide bonds. The fraction of sp³-hybridized carbons (Fsp3) is 0.944. The quantitative estimate of drug-likeness (QED) is 0.504. The number of carbonyl (C=O) groups excluding carboxylic acids is 1. The van der Waals surface area contributed by atoms with E-state index in [1.807, 2.05) is 20.8 Å². The first-order valence-corrected chi connectivity index (χ1v) is 8.60. The van der Waals surface area contributed by atoms with Crippen molar-refractivity contribution in [3.63, 3.8) is 0 Å². The molecule has 0 unspecified atom stereocenters. The molecule has 0 heterocycles. The monoisotopic (exact) mass is 283 g/mol. The van der Waals surface area contributed by atoms with E-state index in [-0.39, 0.29) is 5.41 Å². The molecular weight excluding hydrogens is 246 g/mol. The third-order valence-corrected chi connectivity index (χ3v) is 3.72. The van der Waals surface area contributed by atoms with Crippen LogP contribution in [0.2, 0.25) is 0 Å². The lowest BCUT2D eigenvalue weighted by molar-refractivity contribution is -0.126. The highest BCUT2D eigenvalue weighted by molar-refractivity contribution is 5.83. The molecule has 0 atom stereocenters. The van der Waals surface area contributed by atoms with Crippen LogP contribution >= 0.6 is 0 Å². The summed E-state index contributed by atoms with van der Waals surface area (Å²) < 4.78 is 0. The molecule has 0 aliphatic carbocycles. The Kier molecular flexibility index (Phi) is 11.1. The Balaban J connectivity index is 3.20. The van der Waals surface area contributed by atoms with Crippen molar-refractivity contribution in [2.75, 3.05) is 6.54 Å². The summed E-state index contributed by atoms with van der Waals surface area (Å²) in [5.41, 5.74) is -0.149. The van der Waals surface area contributed by atoms with Gasteiger partial charge in [0.15, 0.2) is 0 Å². The minimum absolute atomic E-state index is 0.149. The highest BCUT2D eigenvalue weighted by Gasteiger charge is 2.19. The van der Waals surface area contributed by atoms with Crippen LogP contribution in [0.1, 0.15) is 92.4 Å². The number of rotatable bonds is 12. The maximum absolute atomic E-state index is 11.7. The van der Waals surface area contributed by atoms with Crippen molar-refractivity contribution < 1.29 is 4.79 Å². The lowest BCUT2D eigenvalue weighted by Crippen LogP contribution is -2.23. The van der Waals surface area contributed by atoms with Crippen LogP contribution in [0.5, 0.6) is 0 Å². The van der Waals surface area contributed by atoms with Crippen molar-refractivity contribution in [1.82, 2.24) is 5.32 Å². The highest BCUT2D eigenvalue weighted by Crippen LogP contribution is 2.19. The first-order valence-electron chi connectivity index (χ1n) is 8.60. The van der Waals surface area contributed by atoms with Gasteiger partial charge in [-0.3, -0.25) is 4.79 Å². The van der Waals surface area contributed by atoms with E-state index in [1.165, 1.54) is 44.9 Å². The number of carbonyl (C=O) groups is 1. The average molecular weight is 283 g/mol. The predicted molar refractivity (Wildman–Crippen MR) is 89.2 cm³/mol. The lowest BCUT2D eigenvalue weighted by Gasteiger charge is -2.16. The van der Waals surface area contributed by atoms with E-state index in [0.29, 0.717) is 11.8 Å². The topological polar surface area (TPSA) is 29.1 Å².